The number of nitrogens with one attached hydrogen (secondary N) is 1. The molecule has 0 unspecified atom stereocenters. The van der Waals surface area contributed by atoms with Crippen LogP contribution in [0.3, 0.4) is 0 Å². The smallest absolute Gasteiger partial charge is 0.230 e. The lowest BCUT2D eigenvalue weighted by molar-refractivity contribution is -0.118. The fraction of sp³-hybridized carbons (Fsp3) is 0.222. The lowest BCUT2D eigenvalue weighted by Gasteiger charge is -2.05. The van der Waals surface area contributed by atoms with Crippen molar-refractivity contribution < 1.29 is 4.79 Å². The summed E-state index contributed by atoms with van der Waals surface area (Å²) in [5.74, 6) is -0.0731. The van der Waals surface area contributed by atoms with E-state index in [9.17, 15) is 4.79 Å². The zero-order chi connectivity index (χ0) is 10.6. The Morgan fingerprint density at radius 2 is 2.14 bits per heavy atom. The van der Waals surface area contributed by atoms with Crippen molar-refractivity contribution in [3.63, 3.8) is 0 Å². The van der Waals surface area contributed by atoms with Gasteiger partial charge in [-0.3, -0.25) is 4.79 Å². The predicted molar refractivity (Wildman–Crippen MR) is 62.1 cm³/mol. The molecule has 0 spiro atoms. The molecule has 0 atom stereocenters. The van der Waals surface area contributed by atoms with Gasteiger partial charge in [0.2, 0.25) is 5.91 Å². The molecule has 1 aromatic carbocycles. The Hall–Kier alpha value is -0.250. The van der Waals surface area contributed by atoms with Crippen molar-refractivity contribution in [3.05, 3.63) is 33.8 Å². The van der Waals surface area contributed by atoms with Gasteiger partial charge in [-0.15, -0.1) is 0 Å². The fourth-order valence-corrected chi connectivity index (χ4v) is 1.58. The second-order valence-corrected chi connectivity index (χ2v) is 4.05. The average molecular weight is 297 g/mol. The van der Waals surface area contributed by atoms with Gasteiger partial charge in [0.1, 0.15) is 0 Å². The molecular weight excluding hydrogens is 289 g/mol. The zero-order valence-corrected chi connectivity index (χ0v) is 10.3. The molecule has 1 N–H and O–H groups in total. The zero-order valence-electron chi connectivity index (χ0n) is 7.19. The molecule has 0 aliphatic carbocycles. The topological polar surface area (TPSA) is 29.1 Å². The Morgan fingerprint density at radius 3 is 2.71 bits per heavy atom. The number of hydrogen-bond acceptors (Lipinski definition) is 1. The second kappa shape index (κ2) is 5.59. The molecule has 1 amide bonds. The second-order valence-electron chi connectivity index (χ2n) is 2.65. The van der Waals surface area contributed by atoms with Gasteiger partial charge in [-0.25, -0.2) is 0 Å². The molecular formula is C9H8BrCl2NO. The Kier molecular flexibility index (Phi) is 4.72. The van der Waals surface area contributed by atoms with E-state index in [4.69, 9.17) is 23.2 Å². The first-order chi connectivity index (χ1) is 6.63. The van der Waals surface area contributed by atoms with E-state index >= 15 is 0 Å². The summed E-state index contributed by atoms with van der Waals surface area (Å²) in [5.41, 5.74) is 0.852. The largest absolute Gasteiger partial charge is 0.351 e. The van der Waals surface area contributed by atoms with Gasteiger partial charge in [0, 0.05) is 16.6 Å². The molecule has 0 saturated carbocycles. The molecule has 0 aromatic heterocycles. The van der Waals surface area contributed by atoms with E-state index in [2.05, 4.69) is 21.2 Å². The number of amides is 1. The van der Waals surface area contributed by atoms with Crippen molar-refractivity contribution in [2.24, 2.45) is 0 Å². The average Bonchev–Trinajstić information content (AvgIpc) is 2.16. The maximum absolute atomic E-state index is 10.9. The highest BCUT2D eigenvalue weighted by Crippen LogP contribution is 2.20. The van der Waals surface area contributed by atoms with E-state index in [1.54, 1.807) is 18.2 Å². The molecule has 0 aliphatic rings. The molecule has 2 nitrogen and oxygen atoms in total. The molecule has 0 bridgehead atoms. The Labute approximate surface area is 101 Å². The van der Waals surface area contributed by atoms with Crippen molar-refractivity contribution in [2.75, 3.05) is 5.33 Å². The van der Waals surface area contributed by atoms with Crippen molar-refractivity contribution in [3.8, 4) is 0 Å². The van der Waals surface area contributed by atoms with Crippen molar-refractivity contribution in [2.45, 2.75) is 6.54 Å². The van der Waals surface area contributed by atoms with Crippen LogP contribution in [0.1, 0.15) is 5.56 Å². The standard InChI is InChI=1S/C9H8BrCl2NO/c10-4-9(14)13-5-6-1-2-7(11)3-8(6)12/h1-3H,4-5H2,(H,13,14). The SMILES string of the molecule is O=C(CBr)NCc1ccc(Cl)cc1Cl. The minimum atomic E-state index is -0.0731. The number of carbonyl (C=O) groups excluding carboxylic acids is 1. The summed E-state index contributed by atoms with van der Waals surface area (Å²) in [7, 11) is 0. The normalized spacial score (nSPS) is 9.93. The monoisotopic (exact) mass is 295 g/mol. The molecule has 0 fully saturated rings. The van der Waals surface area contributed by atoms with Crippen LogP contribution in [-0.2, 0) is 11.3 Å². The highest BCUT2D eigenvalue weighted by Gasteiger charge is 2.02. The quantitative estimate of drug-likeness (QED) is 0.854. The van der Waals surface area contributed by atoms with Gasteiger partial charge in [0.25, 0.3) is 0 Å². The lowest BCUT2D eigenvalue weighted by Crippen LogP contribution is -2.23. The van der Waals surface area contributed by atoms with Crippen LogP contribution >= 0.6 is 39.1 Å². The molecule has 5 heteroatoms. The molecule has 76 valence electrons. The van der Waals surface area contributed by atoms with Gasteiger partial charge in [0.15, 0.2) is 0 Å². The first-order valence-corrected chi connectivity index (χ1v) is 5.78. The predicted octanol–water partition coefficient (Wildman–Crippen LogP) is 3.00. The third-order valence-corrected chi connectivity index (χ3v) is 2.71. The van der Waals surface area contributed by atoms with E-state index in [-0.39, 0.29) is 11.2 Å². The first kappa shape index (κ1) is 11.8. The molecule has 0 radical (unpaired) electrons. The van der Waals surface area contributed by atoms with E-state index < -0.39 is 0 Å². The summed E-state index contributed by atoms with van der Waals surface area (Å²) < 4.78 is 0. The summed E-state index contributed by atoms with van der Waals surface area (Å²) in [4.78, 5) is 10.9. The Morgan fingerprint density at radius 1 is 1.43 bits per heavy atom. The van der Waals surface area contributed by atoms with Crippen molar-refractivity contribution in [1.82, 2.24) is 5.32 Å². The number of alkyl halides is 1. The maximum atomic E-state index is 10.9. The van der Waals surface area contributed by atoms with Crippen LogP contribution < -0.4 is 5.32 Å². The molecule has 1 aromatic rings. The van der Waals surface area contributed by atoms with Gasteiger partial charge in [-0.05, 0) is 17.7 Å². The Balaban J connectivity index is 2.63. The van der Waals surface area contributed by atoms with Crippen LogP contribution in [0.25, 0.3) is 0 Å². The van der Waals surface area contributed by atoms with Gasteiger partial charge in [-0.1, -0.05) is 45.2 Å². The molecule has 0 aliphatic heterocycles. The summed E-state index contributed by atoms with van der Waals surface area (Å²) in [6.07, 6.45) is 0. The van der Waals surface area contributed by atoms with E-state index in [1.165, 1.54) is 0 Å². The molecule has 1 rings (SSSR count). The third kappa shape index (κ3) is 3.48. The van der Waals surface area contributed by atoms with E-state index in [0.29, 0.717) is 16.6 Å². The Bertz CT molecular complexity index is 344. The summed E-state index contributed by atoms with van der Waals surface area (Å²) in [6.45, 7) is 0.417. The van der Waals surface area contributed by atoms with Crippen molar-refractivity contribution >= 4 is 45.0 Å². The molecule has 0 heterocycles. The van der Waals surface area contributed by atoms with E-state index in [0.717, 1.165) is 5.56 Å². The van der Waals surface area contributed by atoms with Crippen LogP contribution in [0.15, 0.2) is 18.2 Å². The summed E-state index contributed by atoms with van der Waals surface area (Å²) >= 11 is 14.7. The minimum absolute atomic E-state index is 0.0731. The number of carbonyl (C=O) groups is 1. The maximum Gasteiger partial charge on any atom is 0.230 e. The van der Waals surface area contributed by atoms with Crippen LogP contribution in [-0.4, -0.2) is 11.2 Å². The number of hydrogen-bond donors (Lipinski definition) is 1. The third-order valence-electron chi connectivity index (χ3n) is 1.61. The summed E-state index contributed by atoms with van der Waals surface area (Å²) in [6, 6.07) is 5.18. The molecule has 14 heavy (non-hydrogen) atoms. The van der Waals surface area contributed by atoms with Crippen LogP contribution in [0, 0.1) is 0 Å². The number of rotatable bonds is 3. The highest BCUT2D eigenvalue weighted by atomic mass is 79.9. The van der Waals surface area contributed by atoms with Gasteiger partial charge >= 0.3 is 0 Å². The van der Waals surface area contributed by atoms with Crippen molar-refractivity contribution in [1.29, 1.82) is 0 Å². The minimum Gasteiger partial charge on any atom is -0.351 e. The van der Waals surface area contributed by atoms with Gasteiger partial charge in [0.05, 0.1) is 5.33 Å². The lowest BCUT2D eigenvalue weighted by atomic mass is 10.2. The fourth-order valence-electron chi connectivity index (χ4n) is 0.906. The van der Waals surface area contributed by atoms with Gasteiger partial charge < -0.3 is 5.32 Å². The first-order valence-electron chi connectivity index (χ1n) is 3.90. The molecule has 0 saturated heterocycles. The highest BCUT2D eigenvalue weighted by molar-refractivity contribution is 9.09. The van der Waals surface area contributed by atoms with Crippen LogP contribution in [0.5, 0.6) is 0 Å². The van der Waals surface area contributed by atoms with Crippen LogP contribution in [0.4, 0.5) is 0 Å². The summed E-state index contributed by atoms with van der Waals surface area (Å²) in [5, 5.41) is 4.14. The van der Waals surface area contributed by atoms with Crippen LogP contribution in [0.2, 0.25) is 10.0 Å². The van der Waals surface area contributed by atoms with E-state index in [1.807, 2.05) is 0 Å². The van der Waals surface area contributed by atoms with Gasteiger partial charge in [-0.2, -0.15) is 0 Å². The number of halogens is 3. The number of benzene rings is 1.